The third kappa shape index (κ3) is 5.50. The molecule has 9 nitrogen and oxygen atoms in total. The molecular weight excluding hydrogens is 423 g/mol. The number of sulfonamides is 1. The summed E-state index contributed by atoms with van der Waals surface area (Å²) in [6.07, 6.45) is 7.04. The van der Waals surface area contributed by atoms with Crippen LogP contribution in [0, 0.1) is 5.82 Å². The molecule has 0 atom stereocenters. The van der Waals surface area contributed by atoms with Crippen molar-refractivity contribution in [1.29, 1.82) is 0 Å². The van der Waals surface area contributed by atoms with Gasteiger partial charge in [-0.25, -0.2) is 32.5 Å². The first-order valence-electron chi connectivity index (χ1n) is 8.13. The number of halogens is 2. The number of nitrogens with zero attached hydrogens (tertiary/aromatic N) is 4. The van der Waals surface area contributed by atoms with Gasteiger partial charge in [-0.1, -0.05) is 11.6 Å². The van der Waals surface area contributed by atoms with Crippen molar-refractivity contribution in [3.63, 3.8) is 0 Å². The van der Waals surface area contributed by atoms with Gasteiger partial charge in [0.1, 0.15) is 17.8 Å². The van der Waals surface area contributed by atoms with Crippen LogP contribution < -0.4 is 10.0 Å². The first kappa shape index (κ1) is 20.7. The molecule has 1 aromatic carbocycles. The molecule has 150 valence electrons. The minimum atomic E-state index is -3.92. The van der Waals surface area contributed by atoms with Crippen molar-refractivity contribution in [3.05, 3.63) is 77.1 Å². The second kappa shape index (κ2) is 8.99. The Bertz CT molecular complexity index is 1110. The van der Waals surface area contributed by atoms with Gasteiger partial charge >= 0.3 is 0 Å². The van der Waals surface area contributed by atoms with E-state index in [4.69, 9.17) is 11.6 Å². The first-order valence-corrected chi connectivity index (χ1v) is 9.99. The van der Waals surface area contributed by atoms with Gasteiger partial charge in [0.15, 0.2) is 0 Å². The molecule has 2 heterocycles. The van der Waals surface area contributed by atoms with Crippen molar-refractivity contribution < 1.29 is 17.6 Å². The summed E-state index contributed by atoms with van der Waals surface area (Å²) < 4.78 is 40.0. The molecule has 0 saturated heterocycles. The maximum absolute atomic E-state index is 13.2. The zero-order chi connectivity index (χ0) is 20.9. The Balaban J connectivity index is 1.58. The van der Waals surface area contributed by atoms with Crippen molar-refractivity contribution in [2.24, 2.45) is 0 Å². The van der Waals surface area contributed by atoms with E-state index in [2.05, 4.69) is 30.0 Å². The van der Waals surface area contributed by atoms with Gasteiger partial charge in [-0.15, -0.1) is 0 Å². The number of amides is 1. The molecule has 12 heteroatoms. The SMILES string of the molecule is O=C(NCc1cncnc1)c1cnc(CNS(=O)(=O)c2ccc(F)c(Cl)c2)cn1. The molecule has 1 amide bonds. The summed E-state index contributed by atoms with van der Waals surface area (Å²) >= 11 is 5.61. The quantitative estimate of drug-likeness (QED) is 0.574. The topological polar surface area (TPSA) is 127 Å². The number of hydrogen-bond donors (Lipinski definition) is 2. The van der Waals surface area contributed by atoms with Crippen LogP contribution in [0.15, 0.2) is 54.2 Å². The van der Waals surface area contributed by atoms with E-state index in [9.17, 15) is 17.6 Å². The molecular formula is C17H14ClFN6O3S. The van der Waals surface area contributed by atoms with Crippen LogP contribution in [0.3, 0.4) is 0 Å². The highest BCUT2D eigenvalue weighted by Crippen LogP contribution is 2.19. The standard InChI is InChI=1S/C17H14ClFN6O3S/c18-14-3-13(1-2-15(14)19)29(27,28)25-8-12-7-23-16(9-22-12)17(26)24-6-11-4-20-10-21-5-11/h1-5,7,9-10,25H,6,8H2,(H,24,26). The fourth-order valence-electron chi connectivity index (χ4n) is 2.15. The molecule has 0 bridgehead atoms. The van der Waals surface area contributed by atoms with Crippen molar-refractivity contribution >= 4 is 27.5 Å². The van der Waals surface area contributed by atoms with E-state index in [-0.39, 0.29) is 34.4 Å². The molecule has 0 aliphatic rings. The van der Waals surface area contributed by atoms with Crippen molar-refractivity contribution in [1.82, 2.24) is 30.0 Å². The molecule has 0 fully saturated rings. The van der Waals surface area contributed by atoms with Crippen LogP contribution in [0.2, 0.25) is 5.02 Å². The number of rotatable bonds is 7. The van der Waals surface area contributed by atoms with Crippen molar-refractivity contribution in [2.45, 2.75) is 18.0 Å². The monoisotopic (exact) mass is 436 g/mol. The largest absolute Gasteiger partial charge is 0.346 e. The maximum atomic E-state index is 13.2. The van der Waals surface area contributed by atoms with E-state index in [0.29, 0.717) is 0 Å². The Hall–Kier alpha value is -3.02. The minimum absolute atomic E-state index is 0.0683. The lowest BCUT2D eigenvalue weighted by Gasteiger charge is -2.08. The van der Waals surface area contributed by atoms with Gasteiger partial charge in [0, 0.05) is 24.5 Å². The number of nitrogens with one attached hydrogen (secondary N) is 2. The Labute approximate surface area is 170 Å². The third-order valence-electron chi connectivity index (χ3n) is 3.65. The summed E-state index contributed by atoms with van der Waals surface area (Å²) in [6, 6.07) is 3.07. The first-order chi connectivity index (χ1) is 13.8. The average molecular weight is 437 g/mol. The third-order valence-corrected chi connectivity index (χ3v) is 5.34. The van der Waals surface area contributed by atoms with E-state index in [0.717, 1.165) is 23.8 Å². The number of hydrogen-bond acceptors (Lipinski definition) is 7. The zero-order valence-corrected chi connectivity index (χ0v) is 16.3. The summed E-state index contributed by atoms with van der Waals surface area (Å²) in [4.78, 5) is 27.6. The fraction of sp³-hybridized carbons (Fsp3) is 0.118. The predicted octanol–water partition coefficient (Wildman–Crippen LogP) is 1.47. The van der Waals surface area contributed by atoms with Gasteiger partial charge in [-0.05, 0) is 18.2 Å². The number of aromatic nitrogens is 4. The highest BCUT2D eigenvalue weighted by molar-refractivity contribution is 7.89. The summed E-state index contributed by atoms with van der Waals surface area (Å²) in [5.74, 6) is -1.17. The van der Waals surface area contributed by atoms with Gasteiger partial charge in [-0.2, -0.15) is 0 Å². The number of carbonyl (C=O) groups is 1. The molecule has 3 aromatic rings. The lowest BCUT2D eigenvalue weighted by Crippen LogP contribution is -2.25. The molecule has 3 rings (SSSR count). The fourth-order valence-corrected chi connectivity index (χ4v) is 3.42. The van der Waals surface area contributed by atoms with Gasteiger partial charge in [0.25, 0.3) is 5.91 Å². The van der Waals surface area contributed by atoms with Gasteiger partial charge < -0.3 is 5.32 Å². The summed E-state index contributed by atoms with van der Waals surface area (Å²) in [7, 11) is -3.92. The van der Waals surface area contributed by atoms with Gasteiger partial charge in [0.2, 0.25) is 10.0 Å². The van der Waals surface area contributed by atoms with E-state index in [1.807, 2.05) is 0 Å². The van der Waals surface area contributed by atoms with E-state index in [1.165, 1.54) is 18.7 Å². The van der Waals surface area contributed by atoms with Crippen molar-refractivity contribution in [3.8, 4) is 0 Å². The van der Waals surface area contributed by atoms with Crippen LogP contribution in [0.4, 0.5) is 4.39 Å². The van der Waals surface area contributed by atoms with Crippen molar-refractivity contribution in [2.75, 3.05) is 0 Å². The van der Waals surface area contributed by atoms with Crippen LogP contribution >= 0.6 is 11.6 Å². The van der Waals surface area contributed by atoms with Gasteiger partial charge in [-0.3, -0.25) is 9.78 Å². The second-order valence-electron chi connectivity index (χ2n) is 5.72. The lowest BCUT2D eigenvalue weighted by molar-refractivity contribution is 0.0945. The molecule has 0 aliphatic heterocycles. The van der Waals surface area contributed by atoms with E-state index >= 15 is 0 Å². The van der Waals surface area contributed by atoms with Crippen LogP contribution in [0.1, 0.15) is 21.7 Å². The van der Waals surface area contributed by atoms with Gasteiger partial charge in [0.05, 0.1) is 34.6 Å². The zero-order valence-electron chi connectivity index (χ0n) is 14.7. The second-order valence-corrected chi connectivity index (χ2v) is 7.90. The molecule has 0 unspecified atom stereocenters. The molecule has 0 spiro atoms. The summed E-state index contributed by atoms with van der Waals surface area (Å²) in [5.41, 5.74) is 1.08. The summed E-state index contributed by atoms with van der Waals surface area (Å²) in [5, 5.41) is 2.35. The number of carbonyl (C=O) groups excluding carboxylic acids is 1. The van der Waals surface area contributed by atoms with Crippen LogP contribution in [0.5, 0.6) is 0 Å². The van der Waals surface area contributed by atoms with Crippen LogP contribution in [-0.2, 0) is 23.1 Å². The van der Waals surface area contributed by atoms with E-state index in [1.54, 1.807) is 12.4 Å². The molecule has 2 N–H and O–H groups in total. The molecule has 29 heavy (non-hydrogen) atoms. The minimum Gasteiger partial charge on any atom is -0.346 e. The van der Waals surface area contributed by atoms with E-state index < -0.39 is 21.7 Å². The highest BCUT2D eigenvalue weighted by atomic mass is 35.5. The highest BCUT2D eigenvalue weighted by Gasteiger charge is 2.16. The summed E-state index contributed by atoms with van der Waals surface area (Å²) in [6.45, 7) is 0.0523. The molecule has 0 aliphatic carbocycles. The van der Waals surface area contributed by atoms with Crippen LogP contribution in [0.25, 0.3) is 0 Å². The normalized spacial score (nSPS) is 11.2. The lowest BCUT2D eigenvalue weighted by atomic mass is 10.3. The smallest absolute Gasteiger partial charge is 0.271 e. The maximum Gasteiger partial charge on any atom is 0.271 e. The Morgan fingerprint density at radius 1 is 1.07 bits per heavy atom. The Morgan fingerprint density at radius 2 is 1.83 bits per heavy atom. The van der Waals surface area contributed by atoms with Crippen LogP contribution in [-0.4, -0.2) is 34.3 Å². The Morgan fingerprint density at radius 3 is 2.48 bits per heavy atom. The molecule has 0 saturated carbocycles. The molecule has 0 radical (unpaired) electrons. The predicted molar refractivity (Wildman–Crippen MR) is 101 cm³/mol. The molecule has 2 aromatic heterocycles. The average Bonchev–Trinajstić information content (AvgIpc) is 2.73. The Kier molecular flexibility index (Phi) is 6.42. The number of benzene rings is 1.